The molecule has 0 aliphatic rings. The van der Waals surface area contributed by atoms with E-state index in [1.165, 1.54) is 13.0 Å². The molecule has 0 atom stereocenters. The maximum absolute atomic E-state index is 11.3. The Balaban J connectivity index is 3.87. The summed E-state index contributed by atoms with van der Waals surface area (Å²) in [7, 11) is 0. The minimum absolute atomic E-state index is 0.0629. The Kier molecular flexibility index (Phi) is 5.74. The van der Waals surface area contributed by atoms with Crippen LogP contribution in [0.25, 0.3) is 0 Å². The van der Waals surface area contributed by atoms with E-state index < -0.39 is 0 Å². The van der Waals surface area contributed by atoms with Crippen LogP contribution in [0, 0.1) is 0 Å². The molecule has 0 aromatic heterocycles. The topological polar surface area (TPSA) is 70.2 Å². The van der Waals surface area contributed by atoms with Crippen molar-refractivity contribution in [2.24, 2.45) is 0 Å². The number of allylic oxidation sites excluding steroid dienone is 2. The molecule has 0 rings (SSSR count). The van der Waals surface area contributed by atoms with E-state index in [0.717, 1.165) is 0 Å². The summed E-state index contributed by atoms with van der Waals surface area (Å²) in [5.41, 5.74) is 5.65. The van der Waals surface area contributed by atoms with Gasteiger partial charge in [0.15, 0.2) is 5.78 Å². The number of carbonyl (C=O) groups is 2. The molecular formula is C11H21N3O2. The summed E-state index contributed by atoms with van der Waals surface area (Å²) in [6, 6.07) is 0. The SMILES string of the molecule is CC(=O)/C=C(/C)NNC(=O)CNC(C)(C)C. The second-order valence-electron chi connectivity index (χ2n) is 4.71. The molecule has 0 saturated heterocycles. The van der Waals surface area contributed by atoms with Gasteiger partial charge in [-0.2, -0.15) is 0 Å². The first-order valence-electron chi connectivity index (χ1n) is 5.19. The second kappa shape index (κ2) is 6.27. The Hall–Kier alpha value is -1.36. The Bertz CT molecular complexity index is 290. The lowest BCUT2D eigenvalue weighted by molar-refractivity contribution is -0.121. The smallest absolute Gasteiger partial charge is 0.252 e. The maximum Gasteiger partial charge on any atom is 0.252 e. The number of carbonyl (C=O) groups excluding carboxylic acids is 2. The van der Waals surface area contributed by atoms with Gasteiger partial charge >= 0.3 is 0 Å². The first kappa shape index (κ1) is 14.6. The molecule has 3 N–H and O–H groups in total. The van der Waals surface area contributed by atoms with Crippen molar-refractivity contribution in [2.75, 3.05) is 6.54 Å². The van der Waals surface area contributed by atoms with Gasteiger partial charge < -0.3 is 10.7 Å². The summed E-state index contributed by atoms with van der Waals surface area (Å²) in [6.07, 6.45) is 1.41. The summed E-state index contributed by atoms with van der Waals surface area (Å²) in [6.45, 7) is 9.33. The van der Waals surface area contributed by atoms with Crippen LogP contribution >= 0.6 is 0 Å². The molecule has 5 nitrogen and oxygen atoms in total. The fraction of sp³-hybridized carbons (Fsp3) is 0.636. The van der Waals surface area contributed by atoms with Gasteiger partial charge in [0.25, 0.3) is 5.91 Å². The second-order valence-corrected chi connectivity index (χ2v) is 4.71. The fourth-order valence-corrected chi connectivity index (χ4v) is 0.899. The molecule has 16 heavy (non-hydrogen) atoms. The first-order chi connectivity index (χ1) is 7.20. The van der Waals surface area contributed by atoms with Gasteiger partial charge in [0.1, 0.15) is 0 Å². The summed E-state index contributed by atoms with van der Waals surface area (Å²) in [4.78, 5) is 22.0. The summed E-state index contributed by atoms with van der Waals surface area (Å²) >= 11 is 0. The van der Waals surface area contributed by atoms with Crippen LogP contribution in [0.2, 0.25) is 0 Å². The Labute approximate surface area is 96.6 Å². The lowest BCUT2D eigenvalue weighted by Crippen LogP contribution is -2.46. The van der Waals surface area contributed by atoms with Gasteiger partial charge in [-0.1, -0.05) is 0 Å². The van der Waals surface area contributed by atoms with Gasteiger partial charge in [0, 0.05) is 17.3 Å². The minimum Gasteiger partial charge on any atom is -0.304 e. The average Bonchev–Trinajstić information content (AvgIpc) is 2.09. The zero-order valence-electron chi connectivity index (χ0n) is 10.6. The van der Waals surface area contributed by atoms with Crippen LogP contribution in [0.1, 0.15) is 34.6 Å². The maximum atomic E-state index is 11.3. The van der Waals surface area contributed by atoms with Crippen LogP contribution in [0.15, 0.2) is 11.8 Å². The van der Waals surface area contributed by atoms with Gasteiger partial charge in [-0.25, -0.2) is 0 Å². The normalized spacial score (nSPS) is 12.2. The third-order valence-electron chi connectivity index (χ3n) is 1.60. The molecule has 0 aliphatic carbocycles. The van der Waals surface area contributed by atoms with Crippen LogP contribution in [0.4, 0.5) is 0 Å². The Morgan fingerprint density at radius 1 is 1.12 bits per heavy atom. The first-order valence-corrected chi connectivity index (χ1v) is 5.19. The van der Waals surface area contributed by atoms with E-state index in [1.807, 2.05) is 20.8 Å². The zero-order chi connectivity index (χ0) is 12.8. The quantitative estimate of drug-likeness (QED) is 0.472. The molecule has 1 amide bonds. The van der Waals surface area contributed by atoms with Crippen LogP contribution in [0.5, 0.6) is 0 Å². The van der Waals surface area contributed by atoms with Crippen LogP contribution < -0.4 is 16.2 Å². The molecular weight excluding hydrogens is 206 g/mol. The van der Waals surface area contributed by atoms with Crippen LogP contribution in [-0.4, -0.2) is 23.8 Å². The van der Waals surface area contributed by atoms with Crippen molar-refractivity contribution in [1.82, 2.24) is 16.2 Å². The molecule has 0 unspecified atom stereocenters. The highest BCUT2D eigenvalue weighted by Crippen LogP contribution is 1.96. The van der Waals surface area contributed by atoms with Gasteiger partial charge in [-0.05, 0) is 34.6 Å². The van der Waals surface area contributed by atoms with Gasteiger partial charge in [-0.3, -0.25) is 15.0 Å². The molecule has 0 aromatic carbocycles. The number of rotatable bonds is 5. The third kappa shape index (κ3) is 9.21. The van der Waals surface area contributed by atoms with E-state index in [0.29, 0.717) is 5.70 Å². The lowest BCUT2D eigenvalue weighted by Gasteiger charge is -2.20. The van der Waals surface area contributed by atoms with Gasteiger partial charge in [0.2, 0.25) is 0 Å². The number of amides is 1. The van der Waals surface area contributed by atoms with Crippen LogP contribution in [0.3, 0.4) is 0 Å². The van der Waals surface area contributed by atoms with E-state index in [2.05, 4.69) is 16.2 Å². The summed E-state index contributed by atoms with van der Waals surface area (Å²) in [5.74, 6) is -0.238. The highest BCUT2D eigenvalue weighted by Gasteiger charge is 2.10. The van der Waals surface area contributed by atoms with E-state index >= 15 is 0 Å². The zero-order valence-corrected chi connectivity index (χ0v) is 10.6. The Morgan fingerprint density at radius 3 is 2.12 bits per heavy atom. The third-order valence-corrected chi connectivity index (χ3v) is 1.60. The molecule has 0 spiro atoms. The number of hydrogen-bond donors (Lipinski definition) is 3. The number of ketones is 1. The molecule has 0 fully saturated rings. The van der Waals surface area contributed by atoms with E-state index in [9.17, 15) is 9.59 Å². The average molecular weight is 227 g/mol. The van der Waals surface area contributed by atoms with Crippen LogP contribution in [-0.2, 0) is 9.59 Å². The molecule has 0 bridgehead atoms. The minimum atomic E-state index is -0.175. The molecule has 0 aliphatic heterocycles. The van der Waals surface area contributed by atoms with Crippen molar-refractivity contribution in [1.29, 1.82) is 0 Å². The van der Waals surface area contributed by atoms with E-state index in [1.54, 1.807) is 6.92 Å². The molecule has 0 radical (unpaired) electrons. The molecule has 92 valence electrons. The molecule has 0 heterocycles. The van der Waals surface area contributed by atoms with E-state index in [-0.39, 0.29) is 23.8 Å². The van der Waals surface area contributed by atoms with Crippen molar-refractivity contribution >= 4 is 11.7 Å². The Morgan fingerprint density at radius 2 is 1.69 bits per heavy atom. The fourth-order valence-electron chi connectivity index (χ4n) is 0.899. The largest absolute Gasteiger partial charge is 0.304 e. The van der Waals surface area contributed by atoms with E-state index in [4.69, 9.17) is 0 Å². The van der Waals surface area contributed by atoms with Crippen molar-refractivity contribution in [3.05, 3.63) is 11.8 Å². The van der Waals surface area contributed by atoms with Crippen molar-refractivity contribution in [2.45, 2.75) is 40.2 Å². The highest BCUT2D eigenvalue weighted by atomic mass is 16.2. The van der Waals surface area contributed by atoms with Gasteiger partial charge in [0.05, 0.1) is 6.54 Å². The standard InChI is InChI=1S/C11H21N3O2/c1-8(6-9(2)15)13-14-10(16)7-12-11(3,4)5/h6,12-13H,7H2,1-5H3,(H,14,16)/b8-6-. The molecule has 0 saturated carbocycles. The lowest BCUT2D eigenvalue weighted by atomic mass is 10.1. The number of nitrogens with one attached hydrogen (secondary N) is 3. The predicted octanol–water partition coefficient (Wildman–Crippen LogP) is 0.488. The molecule has 0 aromatic rings. The van der Waals surface area contributed by atoms with Crippen molar-refractivity contribution < 1.29 is 9.59 Å². The van der Waals surface area contributed by atoms with Gasteiger partial charge in [-0.15, -0.1) is 0 Å². The predicted molar refractivity (Wildman–Crippen MR) is 63.5 cm³/mol. The summed E-state index contributed by atoms with van der Waals surface area (Å²) < 4.78 is 0. The number of hydrazine groups is 1. The monoisotopic (exact) mass is 227 g/mol. The van der Waals surface area contributed by atoms with Crippen molar-refractivity contribution in [3.63, 3.8) is 0 Å². The number of hydrogen-bond acceptors (Lipinski definition) is 4. The highest BCUT2D eigenvalue weighted by molar-refractivity contribution is 5.87. The summed E-state index contributed by atoms with van der Waals surface area (Å²) in [5, 5.41) is 3.05. The van der Waals surface area contributed by atoms with Crippen molar-refractivity contribution in [3.8, 4) is 0 Å². The molecule has 5 heteroatoms.